The fraction of sp³-hybridized carbons (Fsp3) is 0.235. The number of hydrogen-bond donors (Lipinski definition) is 2. The van der Waals surface area contributed by atoms with Gasteiger partial charge in [0.2, 0.25) is 0 Å². The van der Waals surface area contributed by atoms with Crippen LogP contribution in [0.2, 0.25) is 0 Å². The van der Waals surface area contributed by atoms with Gasteiger partial charge in [0.1, 0.15) is 12.4 Å². The second kappa shape index (κ2) is 6.07. The Morgan fingerprint density at radius 1 is 1.23 bits per heavy atom. The molecule has 0 spiro atoms. The van der Waals surface area contributed by atoms with Crippen LogP contribution in [0, 0.1) is 0 Å². The maximum Gasteiger partial charge on any atom is 0.407 e. The number of β-amino-alcohol motifs (C(OH)–C–C–N with tert-alkyl or cyclic N) is 1. The van der Waals surface area contributed by atoms with Gasteiger partial charge in [0.25, 0.3) is 0 Å². The summed E-state index contributed by atoms with van der Waals surface area (Å²) in [5.74, 6) is 0.672. The number of aliphatic hydroxyl groups is 1. The third-order valence-electron chi connectivity index (χ3n) is 3.75. The molecule has 1 aliphatic heterocycles. The van der Waals surface area contributed by atoms with Gasteiger partial charge in [-0.15, -0.1) is 0 Å². The number of carboxylic acid groups (broad SMARTS) is 1. The number of nitrogens with zero attached hydrogens (tertiary/aromatic N) is 1. The predicted octanol–water partition coefficient (Wildman–Crippen LogP) is 2.79. The molecule has 0 aliphatic carbocycles. The molecule has 0 saturated carbocycles. The maximum atomic E-state index is 11.0. The first-order valence-electron chi connectivity index (χ1n) is 7.09. The number of fused-ring (bicyclic) bond motifs is 1. The van der Waals surface area contributed by atoms with Gasteiger partial charge in [-0.05, 0) is 28.8 Å². The van der Waals surface area contributed by atoms with Crippen molar-refractivity contribution >= 4 is 6.09 Å². The van der Waals surface area contributed by atoms with E-state index in [-0.39, 0.29) is 6.54 Å². The molecule has 1 unspecified atom stereocenters. The van der Waals surface area contributed by atoms with Crippen molar-refractivity contribution in [2.45, 2.75) is 19.3 Å². The third kappa shape index (κ3) is 3.04. The third-order valence-corrected chi connectivity index (χ3v) is 3.75. The minimum atomic E-state index is -1.02. The summed E-state index contributed by atoms with van der Waals surface area (Å²) < 4.78 is 5.74. The molecule has 2 N–H and O–H groups in total. The van der Waals surface area contributed by atoms with E-state index in [1.807, 2.05) is 36.4 Å². The Hall–Kier alpha value is -2.53. The first-order chi connectivity index (χ1) is 10.6. The molecule has 0 fully saturated rings. The first kappa shape index (κ1) is 14.4. The Kier molecular flexibility index (Phi) is 3.98. The van der Waals surface area contributed by atoms with E-state index < -0.39 is 12.2 Å². The fourth-order valence-corrected chi connectivity index (χ4v) is 2.58. The average Bonchev–Trinajstić information content (AvgIpc) is 2.54. The van der Waals surface area contributed by atoms with E-state index in [0.717, 1.165) is 16.7 Å². The molecule has 5 heteroatoms. The molecule has 1 aliphatic rings. The molecule has 1 amide bonds. The highest BCUT2D eigenvalue weighted by Crippen LogP contribution is 2.30. The minimum Gasteiger partial charge on any atom is -0.489 e. The average molecular weight is 299 g/mol. The van der Waals surface area contributed by atoms with Crippen LogP contribution in [0.1, 0.15) is 22.8 Å². The fourth-order valence-electron chi connectivity index (χ4n) is 2.58. The van der Waals surface area contributed by atoms with Crippen LogP contribution in [-0.2, 0) is 13.2 Å². The van der Waals surface area contributed by atoms with Crippen LogP contribution in [0.3, 0.4) is 0 Å². The number of ether oxygens (including phenoxy) is 1. The highest BCUT2D eigenvalue weighted by Gasteiger charge is 2.26. The van der Waals surface area contributed by atoms with E-state index in [9.17, 15) is 9.90 Å². The van der Waals surface area contributed by atoms with Crippen molar-refractivity contribution in [1.29, 1.82) is 0 Å². The lowest BCUT2D eigenvalue weighted by Gasteiger charge is -2.30. The SMILES string of the molecule is O=C(O)N1Cc2ccc(OCc3ccccc3)cc2C(O)C1. The molecule has 0 radical (unpaired) electrons. The van der Waals surface area contributed by atoms with E-state index in [2.05, 4.69) is 0 Å². The Labute approximate surface area is 128 Å². The summed E-state index contributed by atoms with van der Waals surface area (Å²) in [6.07, 6.45) is -1.84. The van der Waals surface area contributed by atoms with Crippen molar-refractivity contribution in [2.75, 3.05) is 6.54 Å². The number of benzene rings is 2. The molecular formula is C17H17NO4. The Morgan fingerprint density at radius 3 is 2.73 bits per heavy atom. The number of carbonyl (C=O) groups is 1. The van der Waals surface area contributed by atoms with Crippen molar-refractivity contribution in [2.24, 2.45) is 0 Å². The summed E-state index contributed by atoms with van der Waals surface area (Å²) in [4.78, 5) is 12.2. The van der Waals surface area contributed by atoms with Gasteiger partial charge in [-0.1, -0.05) is 36.4 Å². The molecule has 3 rings (SSSR count). The molecule has 0 aromatic heterocycles. The summed E-state index contributed by atoms with van der Waals surface area (Å²) in [7, 11) is 0. The van der Waals surface area contributed by atoms with Crippen LogP contribution in [0.25, 0.3) is 0 Å². The van der Waals surface area contributed by atoms with Crippen molar-refractivity contribution in [3.05, 3.63) is 65.2 Å². The van der Waals surface area contributed by atoms with Crippen LogP contribution < -0.4 is 4.74 Å². The molecule has 22 heavy (non-hydrogen) atoms. The number of amides is 1. The first-order valence-corrected chi connectivity index (χ1v) is 7.09. The minimum absolute atomic E-state index is 0.0878. The molecule has 5 nitrogen and oxygen atoms in total. The van der Waals surface area contributed by atoms with E-state index in [4.69, 9.17) is 9.84 Å². The van der Waals surface area contributed by atoms with Crippen molar-refractivity contribution in [3.8, 4) is 5.75 Å². The van der Waals surface area contributed by atoms with Gasteiger partial charge in [-0.25, -0.2) is 4.79 Å². The van der Waals surface area contributed by atoms with Crippen LogP contribution in [0.15, 0.2) is 48.5 Å². The molecule has 0 saturated heterocycles. The predicted molar refractivity (Wildman–Crippen MR) is 80.6 cm³/mol. The molecule has 2 aromatic carbocycles. The normalized spacial score (nSPS) is 17.0. The summed E-state index contributed by atoms with van der Waals surface area (Å²) in [5.41, 5.74) is 2.62. The summed E-state index contributed by atoms with van der Waals surface area (Å²) in [6.45, 7) is 0.835. The highest BCUT2D eigenvalue weighted by atomic mass is 16.5. The van der Waals surface area contributed by atoms with E-state index in [1.54, 1.807) is 12.1 Å². The molecule has 0 bridgehead atoms. The van der Waals surface area contributed by atoms with Gasteiger partial charge in [-0.3, -0.25) is 0 Å². The maximum absolute atomic E-state index is 11.0. The summed E-state index contributed by atoms with van der Waals surface area (Å²) in [6, 6.07) is 15.2. The van der Waals surface area contributed by atoms with Gasteiger partial charge >= 0.3 is 6.09 Å². The zero-order valence-corrected chi connectivity index (χ0v) is 12.0. The van der Waals surface area contributed by atoms with Gasteiger partial charge in [0.05, 0.1) is 12.6 Å². The molecular weight excluding hydrogens is 282 g/mol. The van der Waals surface area contributed by atoms with Crippen molar-refractivity contribution < 1.29 is 19.7 Å². The number of aliphatic hydroxyl groups excluding tert-OH is 1. The smallest absolute Gasteiger partial charge is 0.407 e. The van der Waals surface area contributed by atoms with Gasteiger partial charge in [0, 0.05) is 6.54 Å². The lowest BCUT2D eigenvalue weighted by atomic mass is 9.97. The summed E-state index contributed by atoms with van der Waals surface area (Å²) in [5, 5.41) is 19.2. The number of rotatable bonds is 3. The highest BCUT2D eigenvalue weighted by molar-refractivity contribution is 5.65. The van der Waals surface area contributed by atoms with Crippen LogP contribution in [0.4, 0.5) is 4.79 Å². The topological polar surface area (TPSA) is 70.0 Å². The van der Waals surface area contributed by atoms with Crippen LogP contribution in [-0.4, -0.2) is 27.8 Å². The molecule has 1 atom stereocenters. The monoisotopic (exact) mass is 299 g/mol. The Morgan fingerprint density at radius 2 is 2.00 bits per heavy atom. The lowest BCUT2D eigenvalue weighted by Crippen LogP contribution is -2.37. The van der Waals surface area contributed by atoms with Gasteiger partial charge < -0.3 is 19.8 Å². The molecule has 2 aromatic rings. The summed E-state index contributed by atoms with van der Waals surface area (Å²) >= 11 is 0. The zero-order chi connectivity index (χ0) is 15.5. The van der Waals surface area contributed by atoms with Crippen molar-refractivity contribution in [3.63, 3.8) is 0 Å². The zero-order valence-electron chi connectivity index (χ0n) is 12.0. The largest absolute Gasteiger partial charge is 0.489 e. The van der Waals surface area contributed by atoms with Crippen LogP contribution >= 0.6 is 0 Å². The Balaban J connectivity index is 1.74. The van der Waals surface area contributed by atoms with E-state index in [0.29, 0.717) is 18.9 Å². The van der Waals surface area contributed by atoms with Gasteiger partial charge in [-0.2, -0.15) is 0 Å². The van der Waals surface area contributed by atoms with Crippen molar-refractivity contribution in [1.82, 2.24) is 4.90 Å². The second-order valence-corrected chi connectivity index (χ2v) is 5.31. The van der Waals surface area contributed by atoms with E-state index >= 15 is 0 Å². The van der Waals surface area contributed by atoms with Crippen LogP contribution in [0.5, 0.6) is 5.75 Å². The lowest BCUT2D eigenvalue weighted by molar-refractivity contribution is 0.0816. The Bertz CT molecular complexity index is 672. The number of hydrogen-bond acceptors (Lipinski definition) is 3. The second-order valence-electron chi connectivity index (χ2n) is 5.31. The van der Waals surface area contributed by atoms with Gasteiger partial charge in [0.15, 0.2) is 0 Å². The molecule has 114 valence electrons. The quantitative estimate of drug-likeness (QED) is 0.914. The standard InChI is InChI=1S/C17H17NO4/c19-16-10-18(17(20)21)9-13-6-7-14(8-15(13)16)22-11-12-4-2-1-3-5-12/h1-8,16,19H,9-11H2,(H,20,21). The molecule has 1 heterocycles. The van der Waals surface area contributed by atoms with E-state index in [1.165, 1.54) is 4.90 Å².